The summed E-state index contributed by atoms with van der Waals surface area (Å²) in [4.78, 5) is 0. The van der Waals surface area contributed by atoms with Crippen LogP contribution in [0.25, 0.3) is 0 Å². The van der Waals surface area contributed by atoms with E-state index in [1.165, 1.54) is 0 Å². The summed E-state index contributed by atoms with van der Waals surface area (Å²) < 4.78 is 0. The van der Waals surface area contributed by atoms with Crippen LogP contribution in [0, 0.1) is 12.3 Å². The summed E-state index contributed by atoms with van der Waals surface area (Å²) in [6, 6.07) is 6.02. The monoisotopic (exact) mass is 269 g/mol. The second-order valence-corrected chi connectivity index (χ2v) is 4.83. The molecule has 3 heteroatoms. The van der Waals surface area contributed by atoms with Crippen molar-refractivity contribution >= 4 is 23.2 Å². The van der Waals surface area contributed by atoms with Gasteiger partial charge in [-0.3, -0.25) is 0 Å². The Bertz CT molecular complexity index is 396. The summed E-state index contributed by atoms with van der Waals surface area (Å²) in [7, 11) is 0. The molecule has 1 nitrogen and oxygen atoms in total. The molecular formula is C14H17Cl2N. The molecule has 0 saturated heterocycles. The minimum atomic E-state index is 0.303. The third-order valence-corrected chi connectivity index (χ3v) is 3.25. The summed E-state index contributed by atoms with van der Waals surface area (Å²) >= 11 is 11.9. The van der Waals surface area contributed by atoms with Gasteiger partial charge in [-0.2, -0.15) is 0 Å². The summed E-state index contributed by atoms with van der Waals surface area (Å²) in [6.07, 6.45) is 8.07. The van der Waals surface area contributed by atoms with E-state index in [1.807, 2.05) is 18.2 Å². The molecule has 0 amide bonds. The molecule has 92 valence electrons. The predicted molar refractivity (Wildman–Crippen MR) is 75.7 cm³/mol. The Morgan fingerprint density at radius 2 is 2.12 bits per heavy atom. The zero-order chi connectivity index (χ0) is 12.7. The maximum absolute atomic E-state index is 5.99. The minimum absolute atomic E-state index is 0.303. The van der Waals surface area contributed by atoms with Crippen LogP contribution in [0.15, 0.2) is 18.2 Å². The van der Waals surface area contributed by atoms with Crippen LogP contribution in [0.4, 0.5) is 0 Å². The molecule has 0 aliphatic heterocycles. The van der Waals surface area contributed by atoms with Crippen LogP contribution in [0.2, 0.25) is 10.0 Å². The fraction of sp³-hybridized carbons (Fsp3) is 0.429. The van der Waals surface area contributed by atoms with Gasteiger partial charge in [0.1, 0.15) is 0 Å². The van der Waals surface area contributed by atoms with E-state index in [0.29, 0.717) is 16.1 Å². The molecule has 1 aromatic rings. The molecule has 0 saturated carbocycles. The fourth-order valence-electron chi connectivity index (χ4n) is 1.66. The van der Waals surface area contributed by atoms with Crippen molar-refractivity contribution in [2.24, 2.45) is 0 Å². The van der Waals surface area contributed by atoms with Crippen LogP contribution in [0.3, 0.4) is 0 Å². The first-order chi connectivity index (χ1) is 8.17. The topological polar surface area (TPSA) is 12.0 Å². The number of rotatable bonds is 6. The second kappa shape index (κ2) is 7.61. The largest absolute Gasteiger partial charge is 0.313 e. The van der Waals surface area contributed by atoms with Crippen molar-refractivity contribution in [3.05, 3.63) is 33.8 Å². The number of hydrogen-bond acceptors (Lipinski definition) is 1. The lowest BCUT2D eigenvalue weighted by Crippen LogP contribution is -2.31. The van der Waals surface area contributed by atoms with Crippen molar-refractivity contribution in [1.82, 2.24) is 5.32 Å². The lowest BCUT2D eigenvalue weighted by molar-refractivity contribution is 0.517. The van der Waals surface area contributed by atoms with Crippen LogP contribution in [-0.2, 0) is 6.42 Å². The number of hydrogen-bond donors (Lipinski definition) is 1. The summed E-state index contributed by atoms with van der Waals surface area (Å²) in [6.45, 7) is 3.12. The first-order valence-corrected chi connectivity index (χ1v) is 6.53. The maximum Gasteiger partial charge on any atom is 0.0595 e. The van der Waals surface area contributed by atoms with Crippen molar-refractivity contribution < 1.29 is 0 Å². The SMILES string of the molecule is C#CCC(Cc1ccc(Cl)c(Cl)c1)NCCC. The molecule has 1 N–H and O–H groups in total. The highest BCUT2D eigenvalue weighted by atomic mass is 35.5. The molecule has 0 bridgehead atoms. The Kier molecular flexibility index (Phi) is 6.44. The molecule has 17 heavy (non-hydrogen) atoms. The van der Waals surface area contributed by atoms with E-state index in [9.17, 15) is 0 Å². The second-order valence-electron chi connectivity index (χ2n) is 4.01. The first-order valence-electron chi connectivity index (χ1n) is 5.78. The number of benzene rings is 1. The molecule has 0 aromatic heterocycles. The molecule has 1 aromatic carbocycles. The Morgan fingerprint density at radius 1 is 1.35 bits per heavy atom. The van der Waals surface area contributed by atoms with Gasteiger partial charge < -0.3 is 5.32 Å². The van der Waals surface area contributed by atoms with Crippen molar-refractivity contribution in [3.8, 4) is 12.3 Å². The van der Waals surface area contributed by atoms with Gasteiger partial charge in [0.15, 0.2) is 0 Å². The van der Waals surface area contributed by atoms with Gasteiger partial charge in [0.05, 0.1) is 10.0 Å². The normalized spacial score (nSPS) is 12.1. The molecular weight excluding hydrogens is 253 g/mol. The highest BCUT2D eigenvalue weighted by Gasteiger charge is 2.08. The Morgan fingerprint density at radius 3 is 2.71 bits per heavy atom. The molecule has 1 atom stereocenters. The quantitative estimate of drug-likeness (QED) is 0.772. The van der Waals surface area contributed by atoms with Crippen LogP contribution in [0.1, 0.15) is 25.3 Å². The molecule has 0 spiro atoms. The highest BCUT2D eigenvalue weighted by molar-refractivity contribution is 6.42. The molecule has 0 radical (unpaired) electrons. The zero-order valence-corrected chi connectivity index (χ0v) is 11.5. The van der Waals surface area contributed by atoms with E-state index >= 15 is 0 Å². The average molecular weight is 270 g/mol. The molecule has 0 heterocycles. The van der Waals surface area contributed by atoms with Crippen LogP contribution < -0.4 is 5.32 Å². The van der Waals surface area contributed by atoms with Crippen LogP contribution in [0.5, 0.6) is 0 Å². The van der Waals surface area contributed by atoms with Crippen molar-refractivity contribution in [3.63, 3.8) is 0 Å². The van der Waals surface area contributed by atoms with Gasteiger partial charge in [0.2, 0.25) is 0 Å². The fourth-order valence-corrected chi connectivity index (χ4v) is 1.98. The smallest absolute Gasteiger partial charge is 0.0595 e. The standard InChI is InChI=1S/C14H17Cl2N/c1-3-5-12(17-8-4-2)9-11-6-7-13(15)14(16)10-11/h1,6-7,10,12,17H,4-5,8-9H2,2H3. The van der Waals surface area contributed by atoms with Crippen molar-refractivity contribution in [2.75, 3.05) is 6.54 Å². The summed E-state index contributed by atoms with van der Waals surface area (Å²) in [5.41, 5.74) is 1.16. The number of terminal acetylenes is 1. The highest BCUT2D eigenvalue weighted by Crippen LogP contribution is 2.23. The van der Waals surface area contributed by atoms with Gasteiger partial charge >= 0.3 is 0 Å². The Hall–Kier alpha value is -0.680. The van der Waals surface area contributed by atoms with Gasteiger partial charge in [0, 0.05) is 12.5 Å². The van der Waals surface area contributed by atoms with E-state index in [0.717, 1.165) is 31.4 Å². The first kappa shape index (κ1) is 14.4. The average Bonchev–Trinajstić information content (AvgIpc) is 2.31. The van der Waals surface area contributed by atoms with Crippen molar-refractivity contribution in [2.45, 2.75) is 32.2 Å². The summed E-state index contributed by atoms with van der Waals surface area (Å²) in [5.74, 6) is 2.70. The van der Waals surface area contributed by atoms with E-state index < -0.39 is 0 Å². The molecule has 0 fully saturated rings. The lowest BCUT2D eigenvalue weighted by Gasteiger charge is -2.16. The van der Waals surface area contributed by atoms with Gasteiger partial charge in [-0.1, -0.05) is 36.2 Å². The van der Waals surface area contributed by atoms with Crippen LogP contribution in [-0.4, -0.2) is 12.6 Å². The van der Waals surface area contributed by atoms with Gasteiger partial charge in [-0.25, -0.2) is 0 Å². The Balaban J connectivity index is 2.65. The molecule has 1 rings (SSSR count). The number of halogens is 2. The van der Waals surface area contributed by atoms with E-state index in [4.69, 9.17) is 29.6 Å². The van der Waals surface area contributed by atoms with E-state index in [1.54, 1.807) is 0 Å². The van der Waals surface area contributed by atoms with Gasteiger partial charge in [-0.05, 0) is 37.1 Å². The van der Waals surface area contributed by atoms with Gasteiger partial charge in [0.25, 0.3) is 0 Å². The third kappa shape index (κ3) is 5.00. The number of nitrogens with one attached hydrogen (secondary N) is 1. The summed E-state index contributed by atoms with van der Waals surface area (Å²) in [5, 5.41) is 4.62. The van der Waals surface area contributed by atoms with Crippen LogP contribution >= 0.6 is 23.2 Å². The predicted octanol–water partition coefficient (Wildman–Crippen LogP) is 3.93. The van der Waals surface area contributed by atoms with E-state index in [-0.39, 0.29) is 0 Å². The van der Waals surface area contributed by atoms with E-state index in [2.05, 4.69) is 18.2 Å². The third-order valence-electron chi connectivity index (χ3n) is 2.51. The molecule has 1 unspecified atom stereocenters. The maximum atomic E-state index is 5.99. The zero-order valence-electron chi connectivity index (χ0n) is 9.97. The van der Waals surface area contributed by atoms with Gasteiger partial charge in [-0.15, -0.1) is 12.3 Å². The molecule has 0 aliphatic rings. The lowest BCUT2D eigenvalue weighted by atomic mass is 10.0. The molecule has 0 aliphatic carbocycles. The minimum Gasteiger partial charge on any atom is -0.313 e. The van der Waals surface area contributed by atoms with Crippen molar-refractivity contribution in [1.29, 1.82) is 0 Å². The Labute approximate surface area is 114 Å².